The molecule has 0 radical (unpaired) electrons. The number of carbonyl (C=O) groups excluding carboxylic acids is 1. The van der Waals surface area contributed by atoms with E-state index in [1.54, 1.807) is 6.92 Å². The van der Waals surface area contributed by atoms with Crippen LogP contribution < -0.4 is 5.73 Å². The van der Waals surface area contributed by atoms with Gasteiger partial charge in [0.05, 0.1) is 13.0 Å². The molecule has 0 aromatic carbocycles. The third-order valence-corrected chi connectivity index (χ3v) is 4.78. The van der Waals surface area contributed by atoms with Crippen LogP contribution in [0.5, 0.6) is 0 Å². The van der Waals surface area contributed by atoms with Crippen LogP contribution in [-0.4, -0.2) is 34.1 Å². The normalized spacial score (nSPS) is 21.1. The standard InChI is InChI=1S/C20H17F4N5O2/c1-10-6-12(26-3)9-27-16(10)14(30)7-11-4-5-13(21)17(28-11)19(2)8-15(20(22,23)24)31-18(25)29-19/h4-6,9,15H,7-8H2,1-2H3,(H2,25,29)/t15-,19-/m0/s1. The molecule has 31 heavy (non-hydrogen) atoms. The summed E-state index contributed by atoms with van der Waals surface area (Å²) in [5.74, 6) is -1.32. The molecule has 1 aliphatic rings. The van der Waals surface area contributed by atoms with Crippen LogP contribution in [0, 0.1) is 19.3 Å². The highest BCUT2D eigenvalue weighted by atomic mass is 19.4. The second-order valence-electron chi connectivity index (χ2n) is 7.28. The van der Waals surface area contributed by atoms with Gasteiger partial charge in [-0.15, -0.1) is 0 Å². The van der Waals surface area contributed by atoms with E-state index >= 15 is 0 Å². The number of pyridine rings is 2. The van der Waals surface area contributed by atoms with E-state index in [0.29, 0.717) is 5.56 Å². The summed E-state index contributed by atoms with van der Waals surface area (Å²) in [6, 6.07) is 3.06. The fraction of sp³-hybridized carbons (Fsp3) is 0.350. The molecule has 162 valence electrons. The number of Topliss-reactive ketones (excluding diaryl/α,β-unsaturated/α-hetero) is 1. The Morgan fingerprint density at radius 3 is 2.74 bits per heavy atom. The molecule has 2 aromatic rings. The van der Waals surface area contributed by atoms with E-state index in [1.165, 1.54) is 25.3 Å². The highest BCUT2D eigenvalue weighted by molar-refractivity contribution is 5.97. The van der Waals surface area contributed by atoms with Gasteiger partial charge in [-0.2, -0.15) is 13.2 Å². The molecule has 0 bridgehead atoms. The van der Waals surface area contributed by atoms with Gasteiger partial charge in [0.15, 0.2) is 11.9 Å². The summed E-state index contributed by atoms with van der Waals surface area (Å²) in [6.45, 7) is 9.87. The Bertz CT molecular complexity index is 1110. The van der Waals surface area contributed by atoms with E-state index in [4.69, 9.17) is 12.3 Å². The van der Waals surface area contributed by atoms with Gasteiger partial charge in [-0.3, -0.25) is 14.8 Å². The number of ether oxygens (including phenoxy) is 1. The van der Waals surface area contributed by atoms with Crippen LogP contribution in [0.2, 0.25) is 0 Å². The predicted molar refractivity (Wildman–Crippen MR) is 102 cm³/mol. The summed E-state index contributed by atoms with van der Waals surface area (Å²) in [7, 11) is 0. The molecule has 0 aliphatic carbocycles. The molecule has 0 saturated carbocycles. The van der Waals surface area contributed by atoms with Crippen molar-refractivity contribution in [3.63, 3.8) is 0 Å². The van der Waals surface area contributed by atoms with Crippen LogP contribution in [0.3, 0.4) is 0 Å². The van der Waals surface area contributed by atoms with Gasteiger partial charge >= 0.3 is 6.18 Å². The van der Waals surface area contributed by atoms with Crippen molar-refractivity contribution in [1.29, 1.82) is 0 Å². The molecule has 0 saturated heterocycles. The second-order valence-corrected chi connectivity index (χ2v) is 7.28. The van der Waals surface area contributed by atoms with E-state index in [0.717, 1.165) is 6.07 Å². The van der Waals surface area contributed by atoms with Gasteiger partial charge in [0.1, 0.15) is 22.7 Å². The Morgan fingerprint density at radius 1 is 1.42 bits per heavy atom. The largest absolute Gasteiger partial charge is 0.452 e. The van der Waals surface area contributed by atoms with E-state index in [1.807, 2.05) is 0 Å². The Morgan fingerprint density at radius 2 is 2.13 bits per heavy atom. The number of aromatic nitrogens is 2. The fourth-order valence-electron chi connectivity index (χ4n) is 3.32. The lowest BCUT2D eigenvalue weighted by molar-refractivity contribution is -0.208. The number of nitrogens with two attached hydrogens (primary N) is 1. The lowest BCUT2D eigenvalue weighted by atomic mass is 9.89. The van der Waals surface area contributed by atoms with Crippen molar-refractivity contribution in [2.45, 2.75) is 44.5 Å². The van der Waals surface area contributed by atoms with Gasteiger partial charge in [-0.1, -0.05) is 0 Å². The third kappa shape index (κ3) is 4.63. The summed E-state index contributed by atoms with van der Waals surface area (Å²) >= 11 is 0. The number of hydrogen-bond donors (Lipinski definition) is 1. The lowest BCUT2D eigenvalue weighted by Gasteiger charge is -2.35. The first-order valence-electron chi connectivity index (χ1n) is 9.05. The summed E-state index contributed by atoms with van der Waals surface area (Å²) < 4.78 is 58.7. The zero-order chi connectivity index (χ0) is 23.0. The van der Waals surface area contributed by atoms with Gasteiger partial charge < -0.3 is 10.5 Å². The van der Waals surface area contributed by atoms with Crippen molar-refractivity contribution in [3.8, 4) is 0 Å². The average molecular weight is 435 g/mol. The van der Waals surface area contributed by atoms with Crippen molar-refractivity contribution in [2.24, 2.45) is 10.7 Å². The number of carbonyl (C=O) groups is 1. The van der Waals surface area contributed by atoms with Crippen LogP contribution in [0.1, 0.15) is 40.8 Å². The zero-order valence-corrected chi connectivity index (χ0v) is 16.5. The smallest absolute Gasteiger partial charge is 0.425 e. The Labute approximate surface area is 174 Å². The second kappa shape index (κ2) is 7.94. The van der Waals surface area contributed by atoms with E-state index in [9.17, 15) is 22.4 Å². The molecule has 2 atom stereocenters. The van der Waals surface area contributed by atoms with Gasteiger partial charge in [0.25, 0.3) is 6.02 Å². The van der Waals surface area contributed by atoms with Gasteiger partial charge in [-0.25, -0.2) is 14.2 Å². The molecule has 0 unspecified atom stereocenters. The minimum atomic E-state index is -4.73. The number of rotatable bonds is 4. The molecule has 0 fully saturated rings. The summed E-state index contributed by atoms with van der Waals surface area (Å²) in [5.41, 5.74) is 4.32. The molecule has 0 amide bonds. The lowest BCUT2D eigenvalue weighted by Crippen LogP contribution is -2.46. The number of alkyl halides is 3. The van der Waals surface area contributed by atoms with Crippen molar-refractivity contribution in [1.82, 2.24) is 9.97 Å². The molecule has 2 N–H and O–H groups in total. The van der Waals surface area contributed by atoms with Gasteiger partial charge in [0.2, 0.25) is 5.69 Å². The van der Waals surface area contributed by atoms with Crippen molar-refractivity contribution in [3.05, 3.63) is 64.3 Å². The van der Waals surface area contributed by atoms with E-state index in [2.05, 4.69) is 24.5 Å². The molecule has 3 rings (SSSR count). The SMILES string of the molecule is [C-]#[N+]c1cnc(C(=O)Cc2ccc(F)c([C@]3(C)C[C@@H](C(F)(F)F)OC(N)=N3)n2)c(C)c1. The van der Waals surface area contributed by atoms with Crippen molar-refractivity contribution in [2.75, 3.05) is 0 Å². The molecule has 2 aromatic heterocycles. The molecular formula is C20H17F4N5O2. The molecule has 7 nitrogen and oxygen atoms in total. The molecule has 1 aliphatic heterocycles. The monoisotopic (exact) mass is 435 g/mol. The number of halogens is 4. The Hall–Kier alpha value is -3.55. The molecule has 3 heterocycles. The van der Waals surface area contributed by atoms with Crippen molar-refractivity contribution >= 4 is 17.5 Å². The first-order chi connectivity index (χ1) is 14.4. The van der Waals surface area contributed by atoms with Gasteiger partial charge in [-0.05, 0) is 37.6 Å². The number of ketones is 1. The number of aryl methyl sites for hydroxylation is 1. The topological polar surface area (TPSA) is 94.8 Å². The highest BCUT2D eigenvalue weighted by Gasteiger charge is 2.50. The molecule has 0 spiro atoms. The van der Waals surface area contributed by atoms with Crippen LogP contribution in [-0.2, 0) is 16.7 Å². The maximum Gasteiger partial charge on any atom is 0.425 e. The summed E-state index contributed by atoms with van der Waals surface area (Å²) in [4.78, 5) is 27.8. The maximum absolute atomic E-state index is 14.5. The summed E-state index contributed by atoms with van der Waals surface area (Å²) in [6.07, 6.45) is -6.74. The Kier molecular flexibility index (Phi) is 5.67. The minimum absolute atomic E-state index is 0.122. The fourth-order valence-corrected chi connectivity index (χ4v) is 3.32. The minimum Gasteiger partial charge on any atom is -0.452 e. The first-order valence-corrected chi connectivity index (χ1v) is 9.05. The van der Waals surface area contributed by atoms with E-state index in [-0.39, 0.29) is 29.2 Å². The molecular weight excluding hydrogens is 418 g/mol. The van der Waals surface area contributed by atoms with Crippen LogP contribution >= 0.6 is 0 Å². The number of hydrogen-bond acceptors (Lipinski definition) is 6. The average Bonchev–Trinajstić information content (AvgIpc) is 2.67. The Balaban J connectivity index is 1.93. The summed E-state index contributed by atoms with van der Waals surface area (Å²) in [5, 5.41) is 0. The zero-order valence-electron chi connectivity index (χ0n) is 16.5. The quantitative estimate of drug-likeness (QED) is 0.448. The van der Waals surface area contributed by atoms with Gasteiger partial charge in [0, 0.05) is 18.3 Å². The van der Waals surface area contributed by atoms with E-state index < -0.39 is 41.9 Å². The highest BCUT2D eigenvalue weighted by Crippen LogP contribution is 2.40. The third-order valence-electron chi connectivity index (χ3n) is 4.78. The van der Waals surface area contributed by atoms with Crippen LogP contribution in [0.4, 0.5) is 23.2 Å². The number of amidine groups is 1. The first kappa shape index (κ1) is 22.1. The molecule has 11 heteroatoms. The van der Waals surface area contributed by atoms with Crippen molar-refractivity contribution < 1.29 is 27.1 Å². The van der Waals surface area contributed by atoms with Crippen LogP contribution in [0.15, 0.2) is 29.4 Å². The predicted octanol–water partition coefficient (Wildman–Crippen LogP) is 3.78. The number of aliphatic imine (C=N–C) groups is 1. The number of nitrogens with zero attached hydrogens (tertiary/aromatic N) is 4. The maximum atomic E-state index is 14.5. The van der Waals surface area contributed by atoms with Crippen LogP contribution in [0.25, 0.3) is 4.85 Å².